The molecule has 0 heterocycles. The molecule has 0 fully saturated rings. The summed E-state index contributed by atoms with van der Waals surface area (Å²) in [7, 11) is 0.879. The second kappa shape index (κ2) is 12.0. The van der Waals surface area contributed by atoms with E-state index in [1.54, 1.807) is 19.3 Å². The Labute approximate surface area is 141 Å². The highest BCUT2D eigenvalue weighted by Gasteiger charge is 2.19. The number of carbonyl (C=O) groups is 1. The number of rotatable bonds is 8. The van der Waals surface area contributed by atoms with E-state index in [0.29, 0.717) is 6.61 Å². The first-order valence-corrected chi connectivity index (χ1v) is 9.03. The smallest absolute Gasteiger partial charge is 0.158 e. The zero-order valence-electron chi connectivity index (χ0n) is 14.7. The molecule has 1 N–H and O–H groups in total. The Kier molecular flexibility index (Phi) is 11.2. The monoisotopic (exact) mass is 337 g/mol. The average Bonchev–Trinajstić information content (AvgIpc) is 2.49. The van der Waals surface area contributed by atoms with Crippen LogP contribution in [0.15, 0.2) is 54.8 Å². The van der Waals surface area contributed by atoms with Crippen LogP contribution in [0, 0.1) is 0 Å². The summed E-state index contributed by atoms with van der Waals surface area (Å²) >= 11 is 0. The Balaban J connectivity index is 0.000000459. The molecule has 0 aliphatic rings. The minimum absolute atomic E-state index is 0.533. The van der Waals surface area contributed by atoms with Crippen LogP contribution < -0.4 is 5.09 Å². The fraction of sp³-hybridized carbons (Fsp3) is 0.389. The molecule has 0 aromatic heterocycles. The Morgan fingerprint density at radius 3 is 2.43 bits per heavy atom. The molecule has 1 aromatic rings. The molecular formula is C18H28NO3P. The number of allylic oxidation sites excluding steroid dienone is 3. The van der Waals surface area contributed by atoms with Gasteiger partial charge in [0.2, 0.25) is 0 Å². The van der Waals surface area contributed by atoms with E-state index in [4.69, 9.17) is 9.26 Å². The molecule has 0 aliphatic heterocycles. The van der Waals surface area contributed by atoms with Gasteiger partial charge in [0, 0.05) is 13.8 Å². The van der Waals surface area contributed by atoms with Crippen molar-refractivity contribution < 1.29 is 14.1 Å². The minimum Gasteiger partial charge on any atom is -0.463 e. The summed E-state index contributed by atoms with van der Waals surface area (Å²) in [5, 5.41) is 3.09. The number of aldehydes is 1. The van der Waals surface area contributed by atoms with Crippen molar-refractivity contribution in [3.8, 4) is 0 Å². The van der Waals surface area contributed by atoms with Gasteiger partial charge >= 0.3 is 0 Å². The fourth-order valence-corrected chi connectivity index (χ4v) is 3.01. The first-order chi connectivity index (χ1) is 10.8. The van der Waals surface area contributed by atoms with Crippen molar-refractivity contribution in [1.29, 1.82) is 0 Å². The van der Waals surface area contributed by atoms with Crippen LogP contribution >= 0.6 is 8.30 Å². The third kappa shape index (κ3) is 11.7. The number of benzene rings is 1. The van der Waals surface area contributed by atoms with Gasteiger partial charge in [-0.1, -0.05) is 43.0 Å². The molecule has 0 spiro atoms. The lowest BCUT2D eigenvalue weighted by atomic mass is 10.1. The molecule has 0 amide bonds. The van der Waals surface area contributed by atoms with Gasteiger partial charge in [0.15, 0.2) is 8.30 Å². The van der Waals surface area contributed by atoms with Gasteiger partial charge in [-0.25, -0.2) is 0 Å². The van der Waals surface area contributed by atoms with Crippen molar-refractivity contribution in [3.63, 3.8) is 0 Å². The maximum atomic E-state index is 10.6. The Bertz CT molecular complexity index is 486. The van der Waals surface area contributed by atoms with Crippen molar-refractivity contribution in [2.45, 2.75) is 32.9 Å². The predicted molar refractivity (Wildman–Crippen MR) is 98.3 cm³/mol. The highest BCUT2D eigenvalue weighted by Crippen LogP contribution is 2.32. The largest absolute Gasteiger partial charge is 0.463 e. The van der Waals surface area contributed by atoms with Crippen LogP contribution in [0.4, 0.5) is 0 Å². The molecule has 5 heteroatoms. The van der Waals surface area contributed by atoms with E-state index in [1.165, 1.54) is 5.56 Å². The van der Waals surface area contributed by atoms with Crippen molar-refractivity contribution in [1.82, 2.24) is 5.09 Å². The summed E-state index contributed by atoms with van der Waals surface area (Å²) in [6.45, 7) is 11.7. The lowest BCUT2D eigenvalue weighted by molar-refractivity contribution is -0.111. The number of hydrogen-bond acceptors (Lipinski definition) is 4. The Morgan fingerprint density at radius 2 is 1.96 bits per heavy atom. The Morgan fingerprint density at radius 1 is 1.35 bits per heavy atom. The average molecular weight is 337 g/mol. The first kappa shape index (κ1) is 21.5. The summed E-state index contributed by atoms with van der Waals surface area (Å²) in [6, 6.07) is 10.1. The maximum absolute atomic E-state index is 10.6. The maximum Gasteiger partial charge on any atom is 0.158 e. The number of methoxy groups -OCH3 is 1. The lowest BCUT2D eigenvalue weighted by Gasteiger charge is -2.24. The summed E-state index contributed by atoms with van der Waals surface area (Å²) in [5.74, 6) is 0.794. The first-order valence-electron chi connectivity index (χ1n) is 7.32. The van der Waals surface area contributed by atoms with Crippen molar-refractivity contribution in [3.05, 3.63) is 60.4 Å². The molecule has 0 saturated heterocycles. The molecule has 0 saturated carbocycles. The lowest BCUT2D eigenvalue weighted by Crippen LogP contribution is -2.37. The molecular weight excluding hydrogens is 309 g/mol. The van der Waals surface area contributed by atoms with E-state index in [-0.39, 0.29) is 0 Å². The van der Waals surface area contributed by atoms with Crippen molar-refractivity contribution in [2.75, 3.05) is 13.8 Å². The topological polar surface area (TPSA) is 47.6 Å². The summed E-state index contributed by atoms with van der Waals surface area (Å²) in [5.41, 5.74) is 0.689. The van der Waals surface area contributed by atoms with Crippen LogP contribution in [0.2, 0.25) is 0 Å². The summed E-state index contributed by atoms with van der Waals surface area (Å²) in [6.07, 6.45) is 4.33. The van der Waals surface area contributed by atoms with E-state index in [0.717, 1.165) is 12.0 Å². The molecule has 1 aromatic carbocycles. The van der Waals surface area contributed by atoms with Crippen LogP contribution in [0.3, 0.4) is 0 Å². The number of hydrogen-bond donors (Lipinski definition) is 1. The standard InChI is InChI=1S/C10H18NO2P.C8H10O/c1-6-7-9(2)13-14(5)11-10(3,4)8-12;1-9-7-8-5-3-2-4-6-8/h6-8,11H,1H2,2-5H3;2-6H,7H2,1H3/b9-7+;. The number of nitrogens with one attached hydrogen (secondary N) is 1. The third-order valence-corrected chi connectivity index (χ3v) is 3.98. The zero-order chi connectivity index (χ0) is 17.7. The molecule has 0 bridgehead atoms. The molecule has 0 aliphatic carbocycles. The van der Waals surface area contributed by atoms with Gasteiger partial charge in [-0.15, -0.1) is 0 Å². The van der Waals surface area contributed by atoms with E-state index >= 15 is 0 Å². The van der Waals surface area contributed by atoms with Crippen molar-refractivity contribution in [2.24, 2.45) is 0 Å². The second-order valence-electron chi connectivity index (χ2n) is 5.47. The SMILES string of the molecule is C=C/C=C(\C)OP(C)NC(C)(C)C=O.COCc1ccccc1. The van der Waals surface area contributed by atoms with E-state index in [2.05, 4.69) is 11.7 Å². The van der Waals surface area contributed by atoms with Crippen LogP contribution in [-0.4, -0.2) is 25.6 Å². The Hall–Kier alpha value is -1.48. The van der Waals surface area contributed by atoms with Crippen molar-refractivity contribution >= 4 is 14.6 Å². The molecule has 128 valence electrons. The predicted octanol–water partition coefficient (Wildman–Crippen LogP) is 4.43. The molecule has 23 heavy (non-hydrogen) atoms. The third-order valence-electron chi connectivity index (χ3n) is 2.53. The minimum atomic E-state index is -0.823. The van der Waals surface area contributed by atoms with E-state index in [9.17, 15) is 4.79 Å². The van der Waals surface area contributed by atoms with Crippen LogP contribution in [-0.2, 0) is 20.7 Å². The highest BCUT2D eigenvalue weighted by molar-refractivity contribution is 7.49. The van der Waals surface area contributed by atoms with Crippen LogP contribution in [0.25, 0.3) is 0 Å². The number of carbonyl (C=O) groups excluding carboxylic acids is 1. The van der Waals surface area contributed by atoms with E-state index in [1.807, 2.05) is 57.8 Å². The zero-order valence-corrected chi connectivity index (χ0v) is 15.6. The molecule has 4 nitrogen and oxygen atoms in total. The van der Waals surface area contributed by atoms with E-state index < -0.39 is 13.8 Å². The van der Waals surface area contributed by atoms with Gasteiger partial charge in [0.05, 0.1) is 17.9 Å². The summed E-state index contributed by atoms with van der Waals surface area (Å²) < 4.78 is 10.4. The second-order valence-corrected chi connectivity index (χ2v) is 6.87. The summed E-state index contributed by atoms with van der Waals surface area (Å²) in [4.78, 5) is 10.6. The molecule has 1 unspecified atom stereocenters. The highest BCUT2D eigenvalue weighted by atomic mass is 31.2. The quantitative estimate of drug-likeness (QED) is 0.330. The number of ether oxygens (including phenoxy) is 1. The van der Waals surface area contributed by atoms with Gasteiger partial charge < -0.3 is 14.1 Å². The van der Waals surface area contributed by atoms with Crippen LogP contribution in [0.5, 0.6) is 0 Å². The van der Waals surface area contributed by atoms with Crippen LogP contribution in [0.1, 0.15) is 26.3 Å². The molecule has 0 radical (unpaired) electrons. The fourth-order valence-electron chi connectivity index (χ4n) is 1.61. The van der Waals surface area contributed by atoms with Gasteiger partial charge in [-0.3, -0.25) is 5.09 Å². The van der Waals surface area contributed by atoms with Gasteiger partial charge in [0.1, 0.15) is 6.29 Å². The van der Waals surface area contributed by atoms with Gasteiger partial charge in [-0.05, 0) is 32.4 Å². The molecule has 1 rings (SSSR count). The normalized spacial score (nSPS) is 12.7. The van der Waals surface area contributed by atoms with Gasteiger partial charge in [0.25, 0.3) is 0 Å². The molecule has 1 atom stereocenters. The van der Waals surface area contributed by atoms with Gasteiger partial charge in [-0.2, -0.15) is 0 Å².